The quantitative estimate of drug-likeness (QED) is 0.649. The lowest BCUT2D eigenvalue weighted by atomic mass is 9.86. The van der Waals surface area contributed by atoms with Crippen LogP contribution in [-0.4, -0.2) is 31.1 Å². The fourth-order valence-corrected chi connectivity index (χ4v) is 3.26. The number of carboxylic acids is 1. The molecule has 0 fully saturated rings. The summed E-state index contributed by atoms with van der Waals surface area (Å²) in [5.74, 6) is -1.17. The maximum Gasteiger partial charge on any atom is 0.354 e. The molecule has 0 spiro atoms. The van der Waals surface area contributed by atoms with E-state index in [0.29, 0.717) is 11.4 Å². The van der Waals surface area contributed by atoms with Crippen LogP contribution in [0.25, 0.3) is 0 Å². The summed E-state index contributed by atoms with van der Waals surface area (Å²) >= 11 is 0. The van der Waals surface area contributed by atoms with Crippen LogP contribution in [0.15, 0.2) is 54.6 Å². The first kappa shape index (κ1) is 22.6. The molecule has 162 valence electrons. The standard InChI is InChI=1S/C25H29N3O3/c1-23(2,3)17-11-8-14-20(27-17)25(31,19-13-7-10-16(26-19)22(29)30)21-15-9-12-18(28-21)24(4,5)6/h7-15,31H,1-6H3,(H,29,30). The third-order valence-electron chi connectivity index (χ3n) is 5.12. The van der Waals surface area contributed by atoms with E-state index in [1.165, 1.54) is 6.07 Å². The number of aromatic carboxylic acids is 1. The van der Waals surface area contributed by atoms with Crippen molar-refractivity contribution in [3.05, 3.63) is 88.8 Å². The highest BCUT2D eigenvalue weighted by molar-refractivity contribution is 5.85. The van der Waals surface area contributed by atoms with Crippen molar-refractivity contribution in [1.82, 2.24) is 15.0 Å². The number of aromatic nitrogens is 3. The highest BCUT2D eigenvalue weighted by Crippen LogP contribution is 2.36. The summed E-state index contributed by atoms with van der Waals surface area (Å²) in [4.78, 5) is 25.3. The number of aliphatic hydroxyl groups is 1. The van der Waals surface area contributed by atoms with E-state index >= 15 is 0 Å². The Morgan fingerprint density at radius 2 is 1.00 bits per heavy atom. The molecule has 2 N–H and O–H groups in total. The monoisotopic (exact) mass is 419 g/mol. The number of carboxylic acid groups (broad SMARTS) is 1. The molecule has 3 aromatic heterocycles. The molecule has 0 unspecified atom stereocenters. The normalized spacial score (nSPS) is 12.6. The van der Waals surface area contributed by atoms with E-state index in [2.05, 4.69) is 4.98 Å². The van der Waals surface area contributed by atoms with E-state index < -0.39 is 11.6 Å². The summed E-state index contributed by atoms with van der Waals surface area (Å²) in [6.45, 7) is 12.2. The third kappa shape index (κ3) is 4.49. The molecule has 0 aromatic carbocycles. The Morgan fingerprint density at radius 1 is 0.645 bits per heavy atom. The van der Waals surface area contributed by atoms with Crippen LogP contribution in [-0.2, 0) is 16.4 Å². The van der Waals surface area contributed by atoms with Gasteiger partial charge in [-0.2, -0.15) is 0 Å². The number of rotatable bonds is 4. The summed E-state index contributed by atoms with van der Waals surface area (Å²) in [6.07, 6.45) is 0. The first-order valence-corrected chi connectivity index (χ1v) is 10.2. The van der Waals surface area contributed by atoms with E-state index in [9.17, 15) is 15.0 Å². The minimum absolute atomic E-state index is 0.157. The molecule has 6 nitrogen and oxygen atoms in total. The molecule has 0 bridgehead atoms. The van der Waals surface area contributed by atoms with Crippen LogP contribution in [0.5, 0.6) is 0 Å². The largest absolute Gasteiger partial charge is 0.477 e. The van der Waals surface area contributed by atoms with E-state index in [-0.39, 0.29) is 22.2 Å². The van der Waals surface area contributed by atoms with Crippen molar-refractivity contribution >= 4 is 5.97 Å². The molecule has 0 aliphatic heterocycles. The number of carbonyl (C=O) groups is 1. The van der Waals surface area contributed by atoms with E-state index in [4.69, 9.17) is 9.97 Å². The predicted octanol–water partition coefficient (Wildman–Crippen LogP) is 4.45. The smallest absolute Gasteiger partial charge is 0.354 e. The molecule has 3 aromatic rings. The van der Waals surface area contributed by atoms with Crippen molar-refractivity contribution in [2.24, 2.45) is 0 Å². The zero-order valence-electron chi connectivity index (χ0n) is 18.8. The van der Waals surface area contributed by atoms with E-state index in [1.807, 2.05) is 65.8 Å². The maximum atomic E-state index is 12.1. The fourth-order valence-electron chi connectivity index (χ4n) is 3.26. The van der Waals surface area contributed by atoms with Gasteiger partial charge in [0.2, 0.25) is 0 Å². The summed E-state index contributed by atoms with van der Waals surface area (Å²) in [5.41, 5.74) is -0.0356. The first-order chi connectivity index (χ1) is 14.3. The van der Waals surface area contributed by atoms with Gasteiger partial charge in [0.05, 0.1) is 17.1 Å². The van der Waals surface area contributed by atoms with Gasteiger partial charge in [0.1, 0.15) is 5.69 Å². The molecule has 0 aliphatic carbocycles. The minimum Gasteiger partial charge on any atom is -0.477 e. The Kier molecular flexibility index (Phi) is 5.72. The van der Waals surface area contributed by atoms with Crippen molar-refractivity contribution in [2.45, 2.75) is 58.0 Å². The number of hydrogen-bond acceptors (Lipinski definition) is 5. The molecule has 31 heavy (non-hydrogen) atoms. The lowest BCUT2D eigenvalue weighted by Crippen LogP contribution is -2.34. The van der Waals surface area contributed by atoms with Crippen LogP contribution in [0.1, 0.15) is 80.5 Å². The van der Waals surface area contributed by atoms with E-state index in [0.717, 1.165) is 11.4 Å². The molecule has 0 amide bonds. The highest BCUT2D eigenvalue weighted by atomic mass is 16.4. The second-order valence-electron chi connectivity index (χ2n) is 9.74. The summed E-state index contributed by atoms with van der Waals surface area (Å²) in [6, 6.07) is 15.5. The molecule has 0 saturated carbocycles. The van der Waals surface area contributed by atoms with Crippen LogP contribution in [0.3, 0.4) is 0 Å². The molecular formula is C25H29N3O3. The van der Waals surface area contributed by atoms with Crippen molar-refractivity contribution in [3.8, 4) is 0 Å². The van der Waals surface area contributed by atoms with Gasteiger partial charge < -0.3 is 10.2 Å². The van der Waals surface area contributed by atoms with Crippen molar-refractivity contribution in [3.63, 3.8) is 0 Å². The fraction of sp³-hybridized carbons (Fsp3) is 0.360. The van der Waals surface area contributed by atoms with Gasteiger partial charge >= 0.3 is 5.97 Å². The highest BCUT2D eigenvalue weighted by Gasteiger charge is 2.40. The second kappa shape index (κ2) is 7.85. The number of hydrogen-bond donors (Lipinski definition) is 2. The van der Waals surface area contributed by atoms with Gasteiger partial charge in [-0.15, -0.1) is 0 Å². The van der Waals surface area contributed by atoms with Crippen molar-refractivity contribution < 1.29 is 15.0 Å². The molecule has 6 heteroatoms. The summed E-state index contributed by atoms with van der Waals surface area (Å²) in [5, 5.41) is 21.6. The Morgan fingerprint density at radius 3 is 1.39 bits per heavy atom. The average Bonchev–Trinajstić information content (AvgIpc) is 2.72. The lowest BCUT2D eigenvalue weighted by molar-refractivity contribution is 0.0687. The SMILES string of the molecule is CC(C)(C)c1cccc(C(O)(c2cccc(C(=O)O)n2)c2cccc(C(C)(C)C)n2)n1. The molecular weight excluding hydrogens is 390 g/mol. The summed E-state index contributed by atoms with van der Waals surface area (Å²) < 4.78 is 0. The zero-order valence-corrected chi connectivity index (χ0v) is 18.8. The topological polar surface area (TPSA) is 96.2 Å². The van der Waals surface area contributed by atoms with Crippen LogP contribution in [0.4, 0.5) is 0 Å². The van der Waals surface area contributed by atoms with Gasteiger partial charge in [0.25, 0.3) is 0 Å². The lowest BCUT2D eigenvalue weighted by Gasteiger charge is -2.30. The van der Waals surface area contributed by atoms with Crippen LogP contribution >= 0.6 is 0 Å². The van der Waals surface area contributed by atoms with Gasteiger partial charge in [0.15, 0.2) is 5.60 Å². The third-order valence-corrected chi connectivity index (χ3v) is 5.12. The molecule has 0 radical (unpaired) electrons. The molecule has 0 saturated heterocycles. The van der Waals surface area contributed by atoms with Crippen LogP contribution in [0.2, 0.25) is 0 Å². The molecule has 3 heterocycles. The van der Waals surface area contributed by atoms with Gasteiger partial charge in [-0.3, -0.25) is 9.97 Å². The molecule has 0 aliphatic rings. The Hall–Kier alpha value is -3.12. The zero-order chi connectivity index (χ0) is 23.0. The second-order valence-corrected chi connectivity index (χ2v) is 9.74. The number of pyridine rings is 3. The average molecular weight is 420 g/mol. The van der Waals surface area contributed by atoms with Gasteiger partial charge in [0, 0.05) is 22.2 Å². The first-order valence-electron chi connectivity index (χ1n) is 10.2. The predicted molar refractivity (Wildman–Crippen MR) is 119 cm³/mol. The summed E-state index contributed by atoms with van der Waals surface area (Å²) in [7, 11) is 0. The van der Waals surface area contributed by atoms with Gasteiger partial charge in [-0.05, 0) is 36.4 Å². The maximum absolute atomic E-state index is 12.1. The minimum atomic E-state index is -1.83. The Labute approximate surface area is 183 Å². The van der Waals surface area contributed by atoms with Crippen LogP contribution < -0.4 is 0 Å². The van der Waals surface area contributed by atoms with E-state index in [1.54, 1.807) is 24.3 Å². The Balaban J connectivity index is 2.33. The van der Waals surface area contributed by atoms with Crippen molar-refractivity contribution in [2.75, 3.05) is 0 Å². The molecule has 3 rings (SSSR count). The molecule has 0 atom stereocenters. The Bertz CT molecular complexity index is 1050. The van der Waals surface area contributed by atoms with Crippen LogP contribution in [0, 0.1) is 0 Å². The van der Waals surface area contributed by atoms with Gasteiger partial charge in [-0.1, -0.05) is 59.7 Å². The van der Waals surface area contributed by atoms with Crippen molar-refractivity contribution in [1.29, 1.82) is 0 Å². The number of nitrogens with zero attached hydrogens (tertiary/aromatic N) is 3. The van der Waals surface area contributed by atoms with Gasteiger partial charge in [-0.25, -0.2) is 9.78 Å².